The van der Waals surface area contributed by atoms with Crippen molar-refractivity contribution in [2.24, 2.45) is 0 Å². The van der Waals surface area contributed by atoms with Crippen LogP contribution in [0.25, 0.3) is 0 Å². The summed E-state index contributed by atoms with van der Waals surface area (Å²) in [5, 5.41) is 0. The molecule has 3 nitrogen and oxygen atoms in total. The topological polar surface area (TPSA) is 54.4 Å². The number of alkyl halides is 3. The highest BCUT2D eigenvalue weighted by molar-refractivity contribution is 7.86. The maximum absolute atomic E-state index is 10.7. The van der Waals surface area contributed by atoms with Crippen molar-refractivity contribution >= 4 is 17.4 Å². The summed E-state index contributed by atoms with van der Waals surface area (Å²) in [6.45, 7) is 9.42. The summed E-state index contributed by atoms with van der Waals surface area (Å²) >= 11 is 0. The Morgan fingerprint density at radius 3 is 1.04 bits per heavy atom. The summed E-state index contributed by atoms with van der Waals surface area (Å²) in [5.41, 5.74) is -5.53. The fourth-order valence-electron chi connectivity index (χ4n) is 2.64. The van der Waals surface area contributed by atoms with Gasteiger partial charge in [-0.25, -0.2) is 0 Å². The lowest BCUT2D eigenvalue weighted by Gasteiger charge is -2.28. The molecule has 0 rings (SSSR count). The van der Waals surface area contributed by atoms with Crippen molar-refractivity contribution in [3.63, 3.8) is 0 Å². The summed E-state index contributed by atoms with van der Waals surface area (Å²) in [7, 11) is -6.40. The van der Waals surface area contributed by atoms with Crippen LogP contribution in [0, 0.1) is 0 Å². The van der Waals surface area contributed by atoms with Gasteiger partial charge >= 0.3 is 15.6 Å². The van der Waals surface area contributed by atoms with E-state index < -0.39 is 22.9 Å². The van der Waals surface area contributed by atoms with Crippen LogP contribution in [0.1, 0.15) is 79.1 Å². The van der Waals surface area contributed by atoms with E-state index in [9.17, 15) is 13.2 Å². The maximum Gasteiger partial charge on any atom is 0.522 e. The minimum atomic E-state index is -5.84. The van der Waals surface area contributed by atoms with Gasteiger partial charge in [-0.05, 0) is 25.7 Å². The standard InChI is InChI=1S/C16H36P.CHF3O3S/c1-5-9-13-17(14-10-6-2,15-11-7-3)16-12-8-4;2-1(3,4)8(5,6)7/h5-16H2,1-4H3;(H,5,6,7)/q+1;. The first-order valence-electron chi connectivity index (χ1n) is 9.38. The van der Waals surface area contributed by atoms with Gasteiger partial charge in [-0.2, -0.15) is 21.6 Å². The van der Waals surface area contributed by atoms with E-state index in [1.807, 2.05) is 0 Å². The molecule has 0 saturated heterocycles. The van der Waals surface area contributed by atoms with Gasteiger partial charge in [0.05, 0.1) is 24.6 Å². The van der Waals surface area contributed by atoms with Crippen molar-refractivity contribution in [3.05, 3.63) is 0 Å². The third-order valence-electron chi connectivity index (χ3n) is 4.24. The van der Waals surface area contributed by atoms with E-state index in [-0.39, 0.29) is 0 Å². The molecule has 0 fully saturated rings. The fraction of sp³-hybridized carbons (Fsp3) is 1.00. The molecule has 154 valence electrons. The molecule has 1 N–H and O–H groups in total. The van der Waals surface area contributed by atoms with Crippen LogP contribution in [0.5, 0.6) is 0 Å². The average Bonchev–Trinajstić information content (AvgIpc) is 2.52. The zero-order valence-corrected chi connectivity index (χ0v) is 17.9. The normalized spacial score (nSPS) is 12.6. The highest BCUT2D eigenvalue weighted by atomic mass is 32.2. The van der Waals surface area contributed by atoms with Gasteiger partial charge in [0, 0.05) is 7.26 Å². The predicted octanol–water partition coefficient (Wildman–Crippen LogP) is 6.60. The van der Waals surface area contributed by atoms with E-state index in [1.54, 1.807) is 24.6 Å². The predicted molar refractivity (Wildman–Crippen MR) is 104 cm³/mol. The lowest BCUT2D eigenvalue weighted by molar-refractivity contribution is -0.0510. The second kappa shape index (κ2) is 14.2. The van der Waals surface area contributed by atoms with Gasteiger partial charge in [-0.3, -0.25) is 4.55 Å². The van der Waals surface area contributed by atoms with Crippen molar-refractivity contribution in [2.75, 3.05) is 24.6 Å². The Bertz CT molecular complexity index is 374. The van der Waals surface area contributed by atoms with Gasteiger partial charge in [0.1, 0.15) is 0 Å². The first kappa shape index (κ1) is 27.3. The number of hydrogen-bond acceptors (Lipinski definition) is 2. The molecule has 0 aliphatic rings. The van der Waals surface area contributed by atoms with E-state index in [4.69, 9.17) is 13.0 Å². The van der Waals surface area contributed by atoms with Crippen LogP contribution in [0.3, 0.4) is 0 Å². The van der Waals surface area contributed by atoms with Crippen LogP contribution in [0.2, 0.25) is 0 Å². The average molecular weight is 410 g/mol. The van der Waals surface area contributed by atoms with Crippen LogP contribution in [-0.4, -0.2) is 43.1 Å². The molecule has 0 aromatic carbocycles. The second-order valence-corrected chi connectivity index (χ2v) is 12.5. The van der Waals surface area contributed by atoms with Gasteiger partial charge in [-0.15, -0.1) is 0 Å². The molecule has 0 saturated carbocycles. The first-order valence-corrected chi connectivity index (χ1v) is 13.4. The second-order valence-electron chi connectivity index (χ2n) is 6.57. The van der Waals surface area contributed by atoms with E-state index in [0.717, 1.165) is 0 Å². The molecule has 0 atom stereocenters. The van der Waals surface area contributed by atoms with E-state index >= 15 is 0 Å². The summed E-state index contributed by atoms with van der Waals surface area (Å²) in [6, 6.07) is 0. The van der Waals surface area contributed by atoms with Crippen LogP contribution >= 0.6 is 7.26 Å². The van der Waals surface area contributed by atoms with Crippen LogP contribution in [-0.2, 0) is 10.1 Å². The Hall–Kier alpha value is 0.130. The molecule has 0 radical (unpaired) electrons. The van der Waals surface area contributed by atoms with Crippen molar-refractivity contribution in [3.8, 4) is 0 Å². The molecule has 0 aromatic heterocycles. The number of unbranched alkanes of at least 4 members (excludes halogenated alkanes) is 4. The van der Waals surface area contributed by atoms with Gasteiger partial charge in [0.2, 0.25) is 0 Å². The Balaban J connectivity index is 0. The third-order valence-corrected chi connectivity index (χ3v) is 9.88. The highest BCUT2D eigenvalue weighted by Crippen LogP contribution is 2.61. The molecule has 0 aliphatic heterocycles. The molecule has 0 aromatic rings. The quantitative estimate of drug-likeness (QED) is 0.224. The molecule has 0 aliphatic carbocycles. The SMILES string of the molecule is CCCC[P+](CCCC)(CCCC)CCCC.O=S(=O)(O)C(F)(F)F. The van der Waals surface area contributed by atoms with E-state index in [2.05, 4.69) is 27.7 Å². The minimum Gasteiger partial charge on any atom is -0.279 e. The minimum absolute atomic E-state index is 0.562. The monoisotopic (exact) mass is 409 g/mol. The largest absolute Gasteiger partial charge is 0.522 e. The van der Waals surface area contributed by atoms with Gasteiger partial charge in [-0.1, -0.05) is 53.4 Å². The number of halogens is 3. The van der Waals surface area contributed by atoms with Crippen molar-refractivity contribution in [1.82, 2.24) is 0 Å². The lowest BCUT2D eigenvalue weighted by atomic mass is 10.4. The van der Waals surface area contributed by atoms with Gasteiger partial charge < -0.3 is 0 Å². The Labute approximate surface area is 153 Å². The first-order chi connectivity index (χ1) is 11.5. The summed E-state index contributed by atoms with van der Waals surface area (Å²) < 4.78 is 57.5. The van der Waals surface area contributed by atoms with Gasteiger partial charge in [0.15, 0.2) is 0 Å². The van der Waals surface area contributed by atoms with Crippen LogP contribution in [0.15, 0.2) is 0 Å². The molecular formula is C17H37F3O3PS+. The van der Waals surface area contributed by atoms with Crippen LogP contribution < -0.4 is 0 Å². The maximum atomic E-state index is 10.7. The van der Waals surface area contributed by atoms with Crippen LogP contribution in [0.4, 0.5) is 13.2 Å². The van der Waals surface area contributed by atoms with Crippen molar-refractivity contribution in [2.45, 2.75) is 84.6 Å². The number of hydrogen-bond donors (Lipinski definition) is 1. The zero-order chi connectivity index (χ0) is 20.0. The molecule has 0 bridgehead atoms. The Morgan fingerprint density at radius 1 is 0.720 bits per heavy atom. The van der Waals surface area contributed by atoms with E-state index in [0.29, 0.717) is 0 Å². The number of rotatable bonds is 12. The summed E-state index contributed by atoms with van der Waals surface area (Å²) in [6.07, 6.45) is 17.9. The lowest BCUT2D eigenvalue weighted by Crippen LogP contribution is -2.21. The van der Waals surface area contributed by atoms with Crippen molar-refractivity contribution in [1.29, 1.82) is 0 Å². The zero-order valence-electron chi connectivity index (χ0n) is 16.2. The molecule has 0 amide bonds. The Kier molecular flexibility index (Phi) is 15.6. The third kappa shape index (κ3) is 13.9. The molecular weight excluding hydrogens is 372 g/mol. The van der Waals surface area contributed by atoms with Gasteiger partial charge in [0.25, 0.3) is 0 Å². The highest BCUT2D eigenvalue weighted by Gasteiger charge is 2.44. The molecule has 0 heterocycles. The van der Waals surface area contributed by atoms with Crippen molar-refractivity contribution < 1.29 is 26.1 Å². The summed E-state index contributed by atoms with van der Waals surface area (Å²) in [4.78, 5) is 0. The summed E-state index contributed by atoms with van der Waals surface area (Å²) in [5.74, 6) is 0. The van der Waals surface area contributed by atoms with E-state index in [1.165, 1.54) is 51.4 Å². The molecule has 0 spiro atoms. The molecule has 25 heavy (non-hydrogen) atoms. The fourth-order valence-corrected chi connectivity index (χ4v) is 7.93. The molecule has 0 unspecified atom stereocenters. The molecule has 8 heteroatoms. The Morgan fingerprint density at radius 2 is 0.920 bits per heavy atom. The smallest absolute Gasteiger partial charge is 0.279 e.